The number of carbonyl (C=O) groups is 1. The molecule has 0 unspecified atom stereocenters. The molecule has 4 rings (SSSR count). The van der Waals surface area contributed by atoms with Gasteiger partial charge in [-0.1, -0.05) is 36.4 Å². The van der Waals surface area contributed by atoms with Crippen molar-refractivity contribution < 1.29 is 18.4 Å². The molecular weight excluding hydrogens is 415 g/mol. The van der Waals surface area contributed by atoms with Gasteiger partial charge in [-0.25, -0.2) is 9.55 Å². The first-order valence-electron chi connectivity index (χ1n) is 10.2. The van der Waals surface area contributed by atoms with Crippen molar-refractivity contribution in [2.45, 2.75) is 31.1 Å². The summed E-state index contributed by atoms with van der Waals surface area (Å²) in [6.07, 6.45) is 4.68. The molecule has 0 radical (unpaired) electrons. The molecule has 1 aromatic heterocycles. The number of carbonyl (C=O) groups excluding carboxylic acids is 1. The number of amides is 1. The Balaban J connectivity index is 1.59. The molecule has 162 valence electrons. The Hall–Kier alpha value is -3.09. The molecule has 9 heteroatoms. The highest BCUT2D eigenvalue weighted by Crippen LogP contribution is 2.57. The Kier molecular flexibility index (Phi) is 6.39. The monoisotopic (exact) mass is 440 g/mol. The minimum absolute atomic E-state index is 0.286. The van der Waals surface area contributed by atoms with Crippen LogP contribution in [0.5, 0.6) is 11.5 Å². The van der Waals surface area contributed by atoms with Crippen LogP contribution >= 0.6 is 7.60 Å². The van der Waals surface area contributed by atoms with Crippen LogP contribution in [-0.4, -0.2) is 39.1 Å². The van der Waals surface area contributed by atoms with Crippen LogP contribution in [-0.2, 0) is 15.8 Å². The molecule has 0 saturated carbocycles. The number of aromatic nitrogens is 2. The van der Waals surface area contributed by atoms with Gasteiger partial charge in [0.2, 0.25) is 5.91 Å². The minimum atomic E-state index is -3.80. The summed E-state index contributed by atoms with van der Waals surface area (Å²) in [7, 11) is -3.80. The van der Waals surface area contributed by atoms with E-state index >= 15 is 0 Å². The van der Waals surface area contributed by atoms with E-state index < -0.39 is 19.4 Å². The average Bonchev–Trinajstić information content (AvgIpc) is 3.47. The fourth-order valence-electron chi connectivity index (χ4n) is 3.67. The smallest absolute Gasteiger partial charge is 0.415 e. The zero-order valence-electron chi connectivity index (χ0n) is 17.0. The van der Waals surface area contributed by atoms with Crippen LogP contribution in [0.15, 0.2) is 73.2 Å². The fourth-order valence-corrected chi connectivity index (χ4v) is 5.85. The number of hydrogen-bond donors (Lipinski definition) is 2. The van der Waals surface area contributed by atoms with Crippen molar-refractivity contribution in [3.63, 3.8) is 0 Å². The van der Waals surface area contributed by atoms with Gasteiger partial charge in [0, 0.05) is 24.9 Å². The van der Waals surface area contributed by atoms with E-state index in [0.717, 1.165) is 5.69 Å². The molecule has 2 heterocycles. The molecule has 0 bridgehead atoms. The summed E-state index contributed by atoms with van der Waals surface area (Å²) in [5.74, 6) is -0.176. The normalized spacial score (nSPS) is 17.3. The molecule has 2 atom stereocenters. The molecule has 2 aromatic carbocycles. The van der Waals surface area contributed by atoms with Crippen molar-refractivity contribution in [2.75, 3.05) is 6.54 Å². The first-order valence-corrected chi connectivity index (χ1v) is 11.8. The van der Waals surface area contributed by atoms with E-state index in [0.29, 0.717) is 37.3 Å². The number of nitrogens with two attached hydrogens (primary N) is 1. The van der Waals surface area contributed by atoms with Gasteiger partial charge in [0.05, 0.1) is 12.4 Å². The van der Waals surface area contributed by atoms with E-state index in [2.05, 4.69) is 9.97 Å². The first kappa shape index (κ1) is 21.2. The molecule has 0 aliphatic carbocycles. The van der Waals surface area contributed by atoms with E-state index in [-0.39, 0.29) is 5.91 Å². The van der Waals surface area contributed by atoms with Crippen molar-refractivity contribution in [3.8, 4) is 11.5 Å². The average molecular weight is 440 g/mol. The number of H-pyrrole nitrogens is 1. The number of nitrogens with zero attached hydrogens (tertiary/aromatic N) is 2. The summed E-state index contributed by atoms with van der Waals surface area (Å²) in [6.45, 7) is 0.445. The van der Waals surface area contributed by atoms with Crippen LogP contribution in [0.3, 0.4) is 0 Å². The SMILES string of the molecule is N[C@@H](Cc1cnc[nH]1)C(=O)N1CCC[C@H]1P(=O)(Oc1ccccc1)Oc1ccccc1. The summed E-state index contributed by atoms with van der Waals surface area (Å²) < 4.78 is 26.0. The number of imidazole rings is 1. The zero-order chi connectivity index (χ0) is 21.7. The van der Waals surface area contributed by atoms with Gasteiger partial charge in [-0.2, -0.15) is 0 Å². The fraction of sp³-hybridized carbons (Fsp3) is 0.273. The quantitative estimate of drug-likeness (QED) is 0.518. The third-order valence-corrected chi connectivity index (χ3v) is 7.33. The van der Waals surface area contributed by atoms with Crippen LogP contribution in [0.2, 0.25) is 0 Å². The summed E-state index contributed by atoms with van der Waals surface area (Å²) in [5, 5.41) is 0. The van der Waals surface area contributed by atoms with Gasteiger partial charge < -0.3 is 24.7 Å². The number of hydrogen-bond acceptors (Lipinski definition) is 6. The lowest BCUT2D eigenvalue weighted by atomic mass is 10.1. The molecule has 8 nitrogen and oxygen atoms in total. The zero-order valence-corrected chi connectivity index (χ0v) is 17.9. The summed E-state index contributed by atoms with van der Waals surface area (Å²) in [4.78, 5) is 21.6. The van der Waals surface area contributed by atoms with Crippen LogP contribution in [0.1, 0.15) is 18.5 Å². The van der Waals surface area contributed by atoms with Crippen molar-refractivity contribution in [1.82, 2.24) is 14.9 Å². The number of aromatic amines is 1. The molecule has 1 aliphatic heterocycles. The Labute approximate surface area is 180 Å². The number of nitrogens with one attached hydrogen (secondary N) is 1. The maximum Gasteiger partial charge on any atom is 0.453 e. The van der Waals surface area contributed by atoms with Crippen molar-refractivity contribution >= 4 is 13.5 Å². The van der Waals surface area contributed by atoms with Crippen LogP contribution < -0.4 is 14.8 Å². The van der Waals surface area contributed by atoms with Gasteiger partial charge in [-0.05, 0) is 37.1 Å². The van der Waals surface area contributed by atoms with Crippen LogP contribution in [0.25, 0.3) is 0 Å². The first-order chi connectivity index (χ1) is 15.0. The van der Waals surface area contributed by atoms with Crippen LogP contribution in [0, 0.1) is 0 Å². The van der Waals surface area contributed by atoms with E-state index in [1.807, 2.05) is 12.1 Å². The second-order valence-corrected chi connectivity index (χ2v) is 9.43. The second-order valence-electron chi connectivity index (χ2n) is 7.39. The largest absolute Gasteiger partial charge is 0.453 e. The lowest BCUT2D eigenvalue weighted by Gasteiger charge is -2.32. The summed E-state index contributed by atoms with van der Waals surface area (Å²) >= 11 is 0. The Bertz CT molecular complexity index is 985. The molecule has 1 saturated heterocycles. The molecule has 0 spiro atoms. The maximum absolute atomic E-state index is 14.1. The van der Waals surface area contributed by atoms with Crippen LogP contribution in [0.4, 0.5) is 0 Å². The highest BCUT2D eigenvalue weighted by Gasteiger charge is 2.48. The van der Waals surface area contributed by atoms with Gasteiger partial charge in [0.15, 0.2) is 5.78 Å². The number of rotatable bonds is 8. The van der Waals surface area contributed by atoms with Gasteiger partial charge in [-0.3, -0.25) is 4.79 Å². The van der Waals surface area contributed by atoms with E-state index in [1.54, 1.807) is 66.0 Å². The number of likely N-dealkylation sites (tertiary alicyclic amines) is 1. The highest BCUT2D eigenvalue weighted by molar-refractivity contribution is 7.55. The van der Waals surface area contributed by atoms with E-state index in [4.69, 9.17) is 14.8 Å². The Morgan fingerprint density at radius 2 is 1.74 bits per heavy atom. The number of para-hydroxylation sites is 2. The lowest BCUT2D eigenvalue weighted by molar-refractivity contribution is -0.132. The molecule has 3 N–H and O–H groups in total. The third kappa shape index (κ3) is 4.98. The van der Waals surface area contributed by atoms with Gasteiger partial charge in [-0.15, -0.1) is 0 Å². The summed E-state index contributed by atoms with van der Waals surface area (Å²) in [6, 6.07) is 16.9. The standard InChI is InChI=1S/C22H25N4O4P/c23-20(14-17-15-24-16-25-17)22(27)26-13-7-12-21(26)31(28,29-18-8-3-1-4-9-18)30-19-10-5-2-6-11-19/h1-6,8-11,15-16,20-21H,7,12-14,23H2,(H,24,25)/t20-,21+/m0/s1. The molecule has 1 amide bonds. The predicted molar refractivity (Wildman–Crippen MR) is 117 cm³/mol. The Morgan fingerprint density at radius 3 is 2.29 bits per heavy atom. The number of benzene rings is 2. The minimum Gasteiger partial charge on any atom is -0.415 e. The van der Waals surface area contributed by atoms with Crippen molar-refractivity contribution in [1.29, 1.82) is 0 Å². The van der Waals surface area contributed by atoms with E-state index in [9.17, 15) is 9.36 Å². The Morgan fingerprint density at radius 1 is 1.13 bits per heavy atom. The second kappa shape index (κ2) is 9.37. The maximum atomic E-state index is 14.1. The van der Waals surface area contributed by atoms with Crippen molar-refractivity contribution in [2.24, 2.45) is 5.73 Å². The van der Waals surface area contributed by atoms with Crippen molar-refractivity contribution in [3.05, 3.63) is 78.9 Å². The highest BCUT2D eigenvalue weighted by atomic mass is 31.2. The summed E-state index contributed by atoms with van der Waals surface area (Å²) in [5.41, 5.74) is 6.95. The third-order valence-electron chi connectivity index (χ3n) is 5.13. The van der Waals surface area contributed by atoms with Gasteiger partial charge >= 0.3 is 7.60 Å². The van der Waals surface area contributed by atoms with E-state index in [1.165, 1.54) is 0 Å². The molecule has 1 aliphatic rings. The molecular formula is C22H25N4O4P. The predicted octanol–water partition coefficient (Wildman–Crippen LogP) is 3.58. The molecule has 31 heavy (non-hydrogen) atoms. The molecule has 1 fully saturated rings. The molecule has 3 aromatic rings. The van der Waals surface area contributed by atoms with Gasteiger partial charge in [0.25, 0.3) is 0 Å². The van der Waals surface area contributed by atoms with Gasteiger partial charge in [0.1, 0.15) is 11.5 Å². The lowest BCUT2D eigenvalue weighted by Crippen LogP contribution is -2.47. The topological polar surface area (TPSA) is 111 Å².